The summed E-state index contributed by atoms with van der Waals surface area (Å²) in [4.78, 5) is 8.52. The molecule has 0 bridgehead atoms. The van der Waals surface area contributed by atoms with E-state index in [9.17, 15) is 5.11 Å². The van der Waals surface area contributed by atoms with Crippen molar-refractivity contribution in [2.45, 2.75) is 52.7 Å². The molecular weight excluding hydrogens is 457 g/mol. The number of halogens is 1. The summed E-state index contributed by atoms with van der Waals surface area (Å²) in [7, 11) is 0. The van der Waals surface area contributed by atoms with Crippen LogP contribution in [0.2, 0.25) is 0 Å². The quantitative estimate of drug-likeness (QED) is 0.330. The van der Waals surface area contributed by atoms with Crippen LogP contribution < -0.4 is 10.6 Å². The van der Waals surface area contributed by atoms with Crippen LogP contribution in [0.3, 0.4) is 0 Å². The molecular formula is C19H30IN5O2. The lowest BCUT2D eigenvalue weighted by Gasteiger charge is -2.20. The van der Waals surface area contributed by atoms with Gasteiger partial charge in [0.25, 0.3) is 0 Å². The van der Waals surface area contributed by atoms with Gasteiger partial charge in [-0.15, -0.1) is 24.0 Å². The molecule has 2 rings (SSSR count). The number of rotatable bonds is 6. The van der Waals surface area contributed by atoms with E-state index in [2.05, 4.69) is 58.7 Å². The van der Waals surface area contributed by atoms with Crippen LogP contribution in [0, 0.1) is 6.92 Å². The Hall–Kier alpha value is -1.68. The fraction of sp³-hybridized carbons (Fsp3) is 0.526. The van der Waals surface area contributed by atoms with Crippen LogP contribution >= 0.6 is 24.0 Å². The molecule has 1 heterocycles. The maximum atomic E-state index is 10.4. The number of aryl methyl sites for hydroxylation is 1. The van der Waals surface area contributed by atoms with Gasteiger partial charge in [-0.05, 0) is 30.4 Å². The van der Waals surface area contributed by atoms with Crippen molar-refractivity contribution in [2.75, 3.05) is 13.1 Å². The van der Waals surface area contributed by atoms with Gasteiger partial charge in [-0.2, -0.15) is 4.98 Å². The highest BCUT2D eigenvalue weighted by Gasteiger charge is 2.15. The molecule has 1 atom stereocenters. The molecule has 7 nitrogen and oxygen atoms in total. The van der Waals surface area contributed by atoms with E-state index in [1.807, 2.05) is 19.1 Å². The Bertz CT molecular complexity index is 722. The minimum absolute atomic E-state index is 0. The number of aliphatic hydroxyl groups excluding tert-OH is 1. The second-order valence-corrected chi connectivity index (χ2v) is 7.20. The molecule has 0 saturated carbocycles. The lowest BCUT2D eigenvalue weighted by Crippen LogP contribution is -2.39. The summed E-state index contributed by atoms with van der Waals surface area (Å²) in [6.07, 6.45) is -0.626. The zero-order valence-corrected chi connectivity index (χ0v) is 18.9. The smallest absolute Gasteiger partial charge is 0.248 e. The summed E-state index contributed by atoms with van der Waals surface area (Å²) < 4.78 is 5.05. The van der Waals surface area contributed by atoms with Crippen molar-refractivity contribution in [3.05, 3.63) is 47.1 Å². The minimum Gasteiger partial charge on any atom is -0.387 e. The Balaban J connectivity index is 0.00000364. The van der Waals surface area contributed by atoms with Crippen molar-refractivity contribution in [3.8, 4) is 0 Å². The lowest BCUT2D eigenvalue weighted by molar-refractivity contribution is 0.181. The van der Waals surface area contributed by atoms with E-state index in [0.717, 1.165) is 5.56 Å². The van der Waals surface area contributed by atoms with Crippen LogP contribution in [0.25, 0.3) is 0 Å². The average Bonchev–Trinajstić information content (AvgIpc) is 3.02. The Morgan fingerprint density at radius 2 is 1.89 bits per heavy atom. The van der Waals surface area contributed by atoms with Gasteiger partial charge in [0.15, 0.2) is 11.8 Å². The Morgan fingerprint density at radius 3 is 2.41 bits per heavy atom. The molecule has 0 fully saturated rings. The first-order valence-electron chi connectivity index (χ1n) is 8.89. The number of nitrogens with zero attached hydrogens (tertiary/aromatic N) is 3. The molecule has 150 valence electrons. The number of nitrogens with one attached hydrogen (secondary N) is 2. The fourth-order valence-electron chi connectivity index (χ4n) is 2.41. The Morgan fingerprint density at radius 1 is 1.22 bits per heavy atom. The number of guanidine groups is 1. The topological polar surface area (TPSA) is 95.6 Å². The van der Waals surface area contributed by atoms with Crippen molar-refractivity contribution in [3.63, 3.8) is 0 Å². The molecule has 0 spiro atoms. The van der Waals surface area contributed by atoms with E-state index in [-0.39, 0.29) is 35.9 Å². The maximum Gasteiger partial charge on any atom is 0.248 e. The molecule has 2 aromatic rings. The number of benzene rings is 1. The summed E-state index contributed by atoms with van der Waals surface area (Å²) in [5.41, 5.74) is 2.21. The van der Waals surface area contributed by atoms with Gasteiger partial charge in [-0.3, -0.25) is 0 Å². The maximum absolute atomic E-state index is 10.4. The highest BCUT2D eigenvalue weighted by atomic mass is 127. The van der Waals surface area contributed by atoms with Crippen LogP contribution in [-0.2, 0) is 12.0 Å². The molecule has 1 aromatic carbocycles. The van der Waals surface area contributed by atoms with E-state index in [4.69, 9.17) is 4.52 Å². The van der Waals surface area contributed by atoms with Crippen LogP contribution in [0.5, 0.6) is 0 Å². The lowest BCUT2D eigenvalue weighted by atomic mass is 9.86. The van der Waals surface area contributed by atoms with E-state index < -0.39 is 6.10 Å². The third-order valence-corrected chi connectivity index (χ3v) is 3.91. The third kappa shape index (κ3) is 7.45. The molecule has 0 saturated heterocycles. The average molecular weight is 487 g/mol. The minimum atomic E-state index is -0.626. The highest BCUT2D eigenvalue weighted by molar-refractivity contribution is 14.0. The summed E-state index contributed by atoms with van der Waals surface area (Å²) in [6.45, 7) is 11.6. The van der Waals surface area contributed by atoms with Gasteiger partial charge < -0.3 is 20.3 Å². The highest BCUT2D eigenvalue weighted by Crippen LogP contribution is 2.23. The van der Waals surface area contributed by atoms with Gasteiger partial charge in [-0.25, -0.2) is 4.99 Å². The fourth-order valence-corrected chi connectivity index (χ4v) is 2.41. The van der Waals surface area contributed by atoms with E-state index in [0.29, 0.717) is 30.8 Å². The number of hydrogen-bond donors (Lipinski definition) is 3. The van der Waals surface area contributed by atoms with Crippen molar-refractivity contribution in [1.82, 2.24) is 20.8 Å². The van der Waals surface area contributed by atoms with Gasteiger partial charge in [-0.1, -0.05) is 50.2 Å². The van der Waals surface area contributed by atoms with Gasteiger partial charge in [0, 0.05) is 13.1 Å². The van der Waals surface area contributed by atoms with Crippen molar-refractivity contribution < 1.29 is 9.63 Å². The third-order valence-electron chi connectivity index (χ3n) is 3.91. The number of aliphatic imine (C=N–C) groups is 1. The molecule has 27 heavy (non-hydrogen) atoms. The van der Waals surface area contributed by atoms with E-state index in [1.165, 1.54) is 5.56 Å². The normalized spacial score (nSPS) is 13.0. The van der Waals surface area contributed by atoms with E-state index >= 15 is 0 Å². The molecule has 0 amide bonds. The van der Waals surface area contributed by atoms with Crippen LogP contribution in [0.15, 0.2) is 33.8 Å². The molecule has 3 N–H and O–H groups in total. The second-order valence-electron chi connectivity index (χ2n) is 7.20. The summed E-state index contributed by atoms with van der Waals surface area (Å²) in [5, 5.41) is 20.4. The molecule has 0 radical (unpaired) electrons. The van der Waals surface area contributed by atoms with Crippen molar-refractivity contribution in [1.29, 1.82) is 0 Å². The Labute approximate surface area is 178 Å². The predicted molar refractivity (Wildman–Crippen MR) is 117 cm³/mol. The van der Waals surface area contributed by atoms with E-state index in [1.54, 1.807) is 6.92 Å². The first-order chi connectivity index (χ1) is 12.3. The predicted octanol–water partition coefficient (Wildman–Crippen LogP) is 3.08. The standard InChI is InChI=1S/C19H29N5O2.HI/c1-6-20-18(22-12-17-23-13(2)24-26-17)21-11-16(25)14-7-9-15(10-8-14)19(3,4)5;/h7-10,16,25H,6,11-12H2,1-5H3,(H2,20,21,22);1H. The summed E-state index contributed by atoms with van der Waals surface area (Å²) in [5.74, 6) is 1.63. The SMILES string of the molecule is CCNC(=NCc1nc(C)no1)NCC(O)c1ccc(C(C)(C)C)cc1.I. The summed E-state index contributed by atoms with van der Waals surface area (Å²) >= 11 is 0. The Kier molecular flexibility index (Phi) is 9.17. The monoisotopic (exact) mass is 487 g/mol. The molecule has 0 aliphatic carbocycles. The number of aliphatic hydroxyl groups is 1. The largest absolute Gasteiger partial charge is 0.387 e. The zero-order chi connectivity index (χ0) is 19.2. The van der Waals surface area contributed by atoms with Crippen LogP contribution in [0.4, 0.5) is 0 Å². The van der Waals surface area contributed by atoms with Crippen LogP contribution in [-0.4, -0.2) is 34.3 Å². The molecule has 0 aliphatic rings. The second kappa shape index (κ2) is 10.6. The zero-order valence-electron chi connectivity index (χ0n) is 16.6. The first-order valence-corrected chi connectivity index (χ1v) is 8.89. The van der Waals surface area contributed by atoms with Gasteiger partial charge in [0.1, 0.15) is 6.54 Å². The van der Waals surface area contributed by atoms with Gasteiger partial charge in [0.05, 0.1) is 6.10 Å². The van der Waals surface area contributed by atoms with Gasteiger partial charge >= 0.3 is 0 Å². The van der Waals surface area contributed by atoms with Gasteiger partial charge in [0.2, 0.25) is 5.89 Å². The molecule has 1 aromatic heterocycles. The number of hydrogen-bond acceptors (Lipinski definition) is 5. The van der Waals surface area contributed by atoms with Crippen molar-refractivity contribution >= 4 is 29.9 Å². The first kappa shape index (κ1) is 23.4. The molecule has 0 aliphatic heterocycles. The molecule has 1 unspecified atom stereocenters. The summed E-state index contributed by atoms with van der Waals surface area (Å²) in [6, 6.07) is 8.07. The van der Waals surface area contributed by atoms with Crippen molar-refractivity contribution in [2.24, 2.45) is 4.99 Å². The number of aromatic nitrogens is 2. The molecule has 8 heteroatoms. The van der Waals surface area contributed by atoms with Crippen LogP contribution in [0.1, 0.15) is 56.6 Å².